The van der Waals surface area contributed by atoms with Crippen LogP contribution in [0.2, 0.25) is 0 Å². The Morgan fingerprint density at radius 1 is 0.800 bits per heavy atom. The van der Waals surface area contributed by atoms with E-state index in [-0.39, 0.29) is 5.48 Å². The van der Waals surface area contributed by atoms with Crippen LogP contribution in [0.3, 0.4) is 0 Å². The molecular formula is C19H40O. The lowest BCUT2D eigenvalue weighted by Crippen LogP contribution is -2.02. The molecule has 122 valence electrons. The van der Waals surface area contributed by atoms with E-state index in [2.05, 4.69) is 34.3 Å². The van der Waals surface area contributed by atoms with Gasteiger partial charge in [0, 0.05) is 0 Å². The molecule has 0 fully saturated rings. The van der Waals surface area contributed by atoms with Crippen LogP contribution in [-0.4, -0.2) is 5.48 Å². The zero-order valence-corrected chi connectivity index (χ0v) is 14.6. The average molecular weight is 285 g/mol. The molecule has 0 spiro atoms. The van der Waals surface area contributed by atoms with E-state index in [0.29, 0.717) is 0 Å². The van der Waals surface area contributed by atoms with E-state index in [9.17, 15) is 0 Å². The summed E-state index contributed by atoms with van der Waals surface area (Å²) in [6, 6.07) is 0. The maximum absolute atomic E-state index is 4.33. The minimum atomic E-state index is 0. The van der Waals surface area contributed by atoms with Crippen molar-refractivity contribution in [3.8, 4) is 0 Å². The van der Waals surface area contributed by atoms with Crippen LogP contribution in [0.5, 0.6) is 0 Å². The van der Waals surface area contributed by atoms with Gasteiger partial charge in [0.2, 0.25) is 0 Å². The van der Waals surface area contributed by atoms with Gasteiger partial charge in [-0.3, -0.25) is 0 Å². The molecule has 0 aromatic heterocycles. The summed E-state index contributed by atoms with van der Waals surface area (Å²) in [5.74, 6) is 1.86. The van der Waals surface area contributed by atoms with Crippen LogP contribution >= 0.6 is 0 Å². The molecule has 0 bridgehead atoms. The molecule has 0 radical (unpaired) electrons. The first-order valence-electron chi connectivity index (χ1n) is 8.84. The molecule has 0 saturated heterocycles. The highest BCUT2D eigenvalue weighted by Crippen LogP contribution is 2.25. The first kappa shape index (κ1) is 22.0. The van der Waals surface area contributed by atoms with E-state index in [1.807, 2.05) is 0 Å². The molecule has 2 N–H and O–H groups in total. The van der Waals surface area contributed by atoms with E-state index in [1.54, 1.807) is 0 Å². The third-order valence-electron chi connectivity index (χ3n) is 4.39. The lowest BCUT2D eigenvalue weighted by molar-refractivity contribution is 0.407. The highest BCUT2D eigenvalue weighted by atomic mass is 16.0. The Bertz CT molecular complexity index is 204. The van der Waals surface area contributed by atoms with Gasteiger partial charge in [0.15, 0.2) is 0 Å². The second kappa shape index (κ2) is 15.1. The zero-order valence-electron chi connectivity index (χ0n) is 14.6. The third-order valence-corrected chi connectivity index (χ3v) is 4.39. The van der Waals surface area contributed by atoms with Gasteiger partial charge < -0.3 is 5.48 Å². The highest BCUT2D eigenvalue weighted by molar-refractivity contribution is 4.95. The average Bonchev–Trinajstić information content (AvgIpc) is 2.38. The monoisotopic (exact) mass is 284 g/mol. The lowest BCUT2D eigenvalue weighted by atomic mass is 9.88. The molecule has 0 heterocycles. The maximum Gasteiger partial charge on any atom is -0.0294 e. The second-order valence-electron chi connectivity index (χ2n) is 6.35. The van der Waals surface area contributed by atoms with Gasteiger partial charge in [0.1, 0.15) is 0 Å². The summed E-state index contributed by atoms with van der Waals surface area (Å²) in [4.78, 5) is 0. The van der Waals surface area contributed by atoms with E-state index in [0.717, 1.165) is 11.8 Å². The molecule has 20 heavy (non-hydrogen) atoms. The third kappa shape index (κ3) is 11.5. The molecule has 0 aliphatic heterocycles. The molecule has 1 unspecified atom stereocenters. The van der Waals surface area contributed by atoms with Crippen molar-refractivity contribution in [2.24, 2.45) is 11.8 Å². The van der Waals surface area contributed by atoms with E-state index in [1.165, 1.54) is 76.2 Å². The Kier molecular flexibility index (Phi) is 16.6. The molecule has 0 rings (SSSR count). The fourth-order valence-electron chi connectivity index (χ4n) is 3.28. The van der Waals surface area contributed by atoms with Crippen molar-refractivity contribution in [1.29, 1.82) is 0 Å². The van der Waals surface area contributed by atoms with Gasteiger partial charge in [-0.25, -0.2) is 0 Å². The molecule has 0 aliphatic rings. The van der Waals surface area contributed by atoms with E-state index < -0.39 is 0 Å². The minimum Gasteiger partial charge on any atom is -0.412 e. The van der Waals surface area contributed by atoms with Gasteiger partial charge in [-0.1, -0.05) is 91.2 Å². The fraction of sp³-hybridized carbons (Fsp3) is 0.895. The van der Waals surface area contributed by atoms with Crippen LogP contribution in [0.1, 0.15) is 98.3 Å². The number of allylic oxidation sites excluding steroid dienone is 1. The van der Waals surface area contributed by atoms with Crippen LogP contribution < -0.4 is 0 Å². The Labute approximate surface area is 128 Å². The quantitative estimate of drug-likeness (QED) is 0.354. The van der Waals surface area contributed by atoms with Crippen LogP contribution in [0, 0.1) is 11.8 Å². The smallest absolute Gasteiger partial charge is 0.0294 e. The minimum absolute atomic E-state index is 0. The van der Waals surface area contributed by atoms with Gasteiger partial charge in [-0.15, -0.1) is 0 Å². The summed E-state index contributed by atoms with van der Waals surface area (Å²) in [5, 5.41) is 0. The van der Waals surface area contributed by atoms with Crippen LogP contribution in [0.15, 0.2) is 12.2 Å². The summed E-state index contributed by atoms with van der Waals surface area (Å²) >= 11 is 0. The molecule has 1 atom stereocenters. The van der Waals surface area contributed by atoms with Gasteiger partial charge >= 0.3 is 0 Å². The Morgan fingerprint density at radius 2 is 1.30 bits per heavy atom. The van der Waals surface area contributed by atoms with Crippen molar-refractivity contribution in [2.75, 3.05) is 0 Å². The highest BCUT2D eigenvalue weighted by Gasteiger charge is 2.10. The molecule has 1 heteroatoms. The Balaban J connectivity index is 0. The van der Waals surface area contributed by atoms with Crippen molar-refractivity contribution in [1.82, 2.24) is 0 Å². The predicted octanol–water partition coefficient (Wildman–Crippen LogP) is 6.32. The maximum atomic E-state index is 4.33. The van der Waals surface area contributed by atoms with E-state index >= 15 is 0 Å². The topological polar surface area (TPSA) is 31.5 Å². The summed E-state index contributed by atoms with van der Waals surface area (Å²) < 4.78 is 0. The normalized spacial score (nSPS) is 12.2. The molecule has 0 saturated carbocycles. The fourth-order valence-corrected chi connectivity index (χ4v) is 3.28. The van der Waals surface area contributed by atoms with Crippen molar-refractivity contribution < 1.29 is 5.48 Å². The first-order valence-corrected chi connectivity index (χ1v) is 8.84. The lowest BCUT2D eigenvalue weighted by Gasteiger charge is -2.18. The standard InChI is InChI=1S/C19H38.H2O/c1-6-11-18(9-4)15-10-14-17(5)16-19(12-7-2)13-8-3;/h18-19H,5-16H2,1-4H3;1H2. The summed E-state index contributed by atoms with van der Waals surface area (Å²) in [5.41, 5.74) is 1.51. The molecular weight excluding hydrogens is 244 g/mol. The largest absolute Gasteiger partial charge is 0.412 e. The van der Waals surface area contributed by atoms with Gasteiger partial charge in [0.05, 0.1) is 0 Å². The molecule has 1 nitrogen and oxygen atoms in total. The van der Waals surface area contributed by atoms with Gasteiger partial charge in [-0.05, 0) is 31.1 Å². The first-order chi connectivity index (χ1) is 9.17. The number of rotatable bonds is 13. The van der Waals surface area contributed by atoms with Crippen molar-refractivity contribution in [3.63, 3.8) is 0 Å². The van der Waals surface area contributed by atoms with Crippen LogP contribution in [0.25, 0.3) is 0 Å². The summed E-state index contributed by atoms with van der Waals surface area (Å²) in [7, 11) is 0. The van der Waals surface area contributed by atoms with Crippen molar-refractivity contribution >= 4 is 0 Å². The van der Waals surface area contributed by atoms with Crippen molar-refractivity contribution in [2.45, 2.75) is 98.3 Å². The van der Waals surface area contributed by atoms with E-state index in [4.69, 9.17) is 0 Å². The Hall–Kier alpha value is -0.300. The van der Waals surface area contributed by atoms with Crippen LogP contribution in [0.4, 0.5) is 0 Å². The van der Waals surface area contributed by atoms with Crippen molar-refractivity contribution in [3.05, 3.63) is 12.2 Å². The second-order valence-corrected chi connectivity index (χ2v) is 6.35. The zero-order chi connectivity index (χ0) is 14.5. The summed E-state index contributed by atoms with van der Waals surface area (Å²) in [6.07, 6.45) is 14.9. The van der Waals surface area contributed by atoms with Gasteiger partial charge in [0.25, 0.3) is 0 Å². The summed E-state index contributed by atoms with van der Waals surface area (Å²) in [6.45, 7) is 13.6. The number of hydrogen-bond acceptors (Lipinski definition) is 0. The molecule has 0 aromatic carbocycles. The Morgan fingerprint density at radius 3 is 1.75 bits per heavy atom. The SMILES string of the molecule is C=C(CCCC(CC)CCC)CC(CCC)CCC.O. The molecule has 0 aliphatic carbocycles. The molecule has 0 aromatic rings. The number of hydrogen-bond donors (Lipinski definition) is 0. The predicted molar refractivity (Wildman–Crippen MR) is 93.2 cm³/mol. The molecule has 0 amide bonds. The van der Waals surface area contributed by atoms with Crippen LogP contribution in [-0.2, 0) is 0 Å². The van der Waals surface area contributed by atoms with Gasteiger partial charge in [-0.2, -0.15) is 0 Å².